The third-order valence-electron chi connectivity index (χ3n) is 5.73. The van der Waals surface area contributed by atoms with E-state index in [1.165, 1.54) is 0 Å². The first-order valence-electron chi connectivity index (χ1n) is 10.9. The fourth-order valence-electron chi connectivity index (χ4n) is 4.03. The van der Waals surface area contributed by atoms with Gasteiger partial charge < -0.3 is 20.4 Å². The minimum Gasteiger partial charge on any atom is -0.377 e. The van der Waals surface area contributed by atoms with E-state index in [9.17, 15) is 4.79 Å². The summed E-state index contributed by atoms with van der Waals surface area (Å²) in [5, 5.41) is 7.56. The molecule has 0 aliphatic carbocycles. The predicted molar refractivity (Wildman–Crippen MR) is 151 cm³/mol. The number of halogens is 2. The van der Waals surface area contributed by atoms with Gasteiger partial charge in [0.1, 0.15) is 0 Å². The maximum atomic E-state index is 13.4. The maximum absolute atomic E-state index is 13.4. The van der Waals surface area contributed by atoms with Crippen LogP contribution < -0.4 is 20.4 Å². The Bertz CT molecular complexity index is 1340. The lowest BCUT2D eigenvalue weighted by molar-refractivity contribution is -0.119. The summed E-state index contributed by atoms with van der Waals surface area (Å²) in [6.45, 7) is 2.03. The third-order valence-corrected chi connectivity index (χ3v) is 6.52. The molecule has 1 aliphatic heterocycles. The van der Waals surface area contributed by atoms with Crippen LogP contribution in [0.4, 0.5) is 17.1 Å². The number of carbonyl (C=O) groups excluding carboxylic acids is 1. The number of thiocarbonyl (C=S) groups is 1. The van der Waals surface area contributed by atoms with Crippen LogP contribution in [0.25, 0.3) is 0 Å². The number of anilines is 3. The molecule has 1 atom stereocenters. The molecule has 0 aromatic heterocycles. The Morgan fingerprint density at radius 1 is 1.06 bits per heavy atom. The van der Waals surface area contributed by atoms with Crippen LogP contribution in [0.2, 0.25) is 10.0 Å². The number of aliphatic imine (C=N–C) groups is 1. The van der Waals surface area contributed by atoms with Gasteiger partial charge in [0.2, 0.25) is 6.17 Å². The van der Waals surface area contributed by atoms with Crippen molar-refractivity contribution in [2.45, 2.75) is 13.1 Å². The third kappa shape index (κ3) is 5.27. The fourth-order valence-corrected chi connectivity index (χ4v) is 4.66. The van der Waals surface area contributed by atoms with Gasteiger partial charge >= 0.3 is 0 Å². The number of amides is 1. The summed E-state index contributed by atoms with van der Waals surface area (Å²) in [5.41, 5.74) is 5.65. The van der Waals surface area contributed by atoms with Crippen LogP contribution in [0.3, 0.4) is 0 Å². The highest BCUT2D eigenvalue weighted by Gasteiger charge is 2.31. The molecule has 6 nitrogen and oxygen atoms in total. The number of fused-ring (bicyclic) bond motifs is 1. The fraction of sp³-hybridized carbons (Fsp3) is 0.192. The molecule has 180 valence electrons. The molecule has 35 heavy (non-hydrogen) atoms. The number of benzodiazepines with no additional fused rings is 1. The van der Waals surface area contributed by atoms with Gasteiger partial charge in [0.15, 0.2) is 5.11 Å². The highest BCUT2D eigenvalue weighted by atomic mass is 35.5. The van der Waals surface area contributed by atoms with E-state index in [4.69, 9.17) is 40.4 Å². The summed E-state index contributed by atoms with van der Waals surface area (Å²) in [5.74, 6) is -0.265. The van der Waals surface area contributed by atoms with Crippen molar-refractivity contribution >= 4 is 69.2 Å². The molecule has 0 saturated heterocycles. The first kappa shape index (κ1) is 25.0. The second kappa shape index (κ2) is 10.2. The van der Waals surface area contributed by atoms with Crippen LogP contribution in [0, 0.1) is 6.92 Å². The Hall–Kier alpha value is -3.13. The predicted octanol–water partition coefficient (Wildman–Crippen LogP) is 5.49. The Morgan fingerprint density at radius 2 is 1.80 bits per heavy atom. The van der Waals surface area contributed by atoms with Crippen molar-refractivity contribution in [1.29, 1.82) is 0 Å². The van der Waals surface area contributed by atoms with Gasteiger partial charge in [-0.05, 0) is 67.2 Å². The standard InChI is InChI=1S/C26H25Cl2N5OS/c1-15-13-17(10-12-21(15)32(2)3)29-26(35)31-24-25(34)33(4)22-11-9-16(27)14-19(22)23(30-24)18-7-5-6-8-20(18)28/h5-14,24H,1-4H3,(H2,29,31,35). The van der Waals surface area contributed by atoms with E-state index in [1.54, 1.807) is 36.2 Å². The Labute approximate surface area is 220 Å². The largest absolute Gasteiger partial charge is 0.377 e. The monoisotopic (exact) mass is 525 g/mol. The summed E-state index contributed by atoms with van der Waals surface area (Å²) in [7, 11) is 5.69. The molecule has 1 amide bonds. The van der Waals surface area contributed by atoms with Gasteiger partial charge in [-0.1, -0.05) is 41.4 Å². The molecule has 0 saturated carbocycles. The van der Waals surface area contributed by atoms with E-state index in [1.807, 2.05) is 62.3 Å². The van der Waals surface area contributed by atoms with Crippen molar-refractivity contribution in [2.75, 3.05) is 36.3 Å². The molecule has 3 aromatic carbocycles. The lowest BCUT2D eigenvalue weighted by atomic mass is 10.00. The molecule has 4 rings (SSSR count). The lowest BCUT2D eigenvalue weighted by Crippen LogP contribution is -2.47. The number of aryl methyl sites for hydroxylation is 1. The molecule has 3 aromatic rings. The summed E-state index contributed by atoms with van der Waals surface area (Å²) < 4.78 is 0. The second-order valence-electron chi connectivity index (χ2n) is 8.41. The average molecular weight is 526 g/mol. The van der Waals surface area contributed by atoms with E-state index in [-0.39, 0.29) is 11.0 Å². The molecule has 9 heteroatoms. The van der Waals surface area contributed by atoms with Crippen molar-refractivity contribution in [3.8, 4) is 0 Å². The molecule has 1 aliphatic rings. The summed E-state index contributed by atoms with van der Waals surface area (Å²) in [4.78, 5) is 21.8. The van der Waals surface area contributed by atoms with Crippen LogP contribution in [-0.2, 0) is 4.79 Å². The molecule has 2 N–H and O–H groups in total. The summed E-state index contributed by atoms with van der Waals surface area (Å²) in [6, 6.07) is 18.7. The number of carbonyl (C=O) groups is 1. The zero-order valence-electron chi connectivity index (χ0n) is 19.8. The van der Waals surface area contributed by atoms with Gasteiger partial charge in [-0.25, -0.2) is 4.99 Å². The Morgan fingerprint density at radius 3 is 2.49 bits per heavy atom. The molecule has 1 heterocycles. The first-order chi connectivity index (χ1) is 16.7. The molecule has 0 bridgehead atoms. The Kier molecular flexibility index (Phi) is 7.31. The van der Waals surface area contributed by atoms with E-state index in [0.29, 0.717) is 32.6 Å². The molecular weight excluding hydrogens is 501 g/mol. The Balaban J connectivity index is 1.69. The minimum absolute atomic E-state index is 0.265. The van der Waals surface area contributed by atoms with Crippen molar-refractivity contribution < 1.29 is 4.79 Å². The number of hydrogen-bond donors (Lipinski definition) is 2. The van der Waals surface area contributed by atoms with Gasteiger partial charge in [0, 0.05) is 53.7 Å². The van der Waals surface area contributed by atoms with Gasteiger partial charge in [-0.15, -0.1) is 0 Å². The maximum Gasteiger partial charge on any atom is 0.272 e. The van der Waals surface area contributed by atoms with Gasteiger partial charge in [0.25, 0.3) is 5.91 Å². The number of nitrogens with zero attached hydrogens (tertiary/aromatic N) is 3. The number of benzene rings is 3. The number of nitrogens with one attached hydrogen (secondary N) is 2. The van der Waals surface area contributed by atoms with E-state index >= 15 is 0 Å². The highest BCUT2D eigenvalue weighted by Crippen LogP contribution is 2.32. The summed E-state index contributed by atoms with van der Waals surface area (Å²) in [6.07, 6.45) is -0.973. The van der Waals surface area contributed by atoms with Crippen LogP contribution in [-0.4, -0.2) is 44.0 Å². The smallest absolute Gasteiger partial charge is 0.272 e. The van der Waals surface area contributed by atoms with E-state index < -0.39 is 6.17 Å². The molecule has 0 spiro atoms. The topological polar surface area (TPSA) is 60.0 Å². The number of likely N-dealkylation sites (N-methyl/N-ethyl adjacent to an activating group) is 1. The van der Waals surface area contributed by atoms with Gasteiger partial charge in [-0.2, -0.15) is 0 Å². The van der Waals surface area contributed by atoms with Crippen LogP contribution in [0.1, 0.15) is 16.7 Å². The van der Waals surface area contributed by atoms with Gasteiger partial charge in [0.05, 0.1) is 11.4 Å². The van der Waals surface area contributed by atoms with Crippen molar-refractivity contribution in [2.24, 2.45) is 4.99 Å². The van der Waals surface area contributed by atoms with Gasteiger partial charge in [-0.3, -0.25) is 4.79 Å². The van der Waals surface area contributed by atoms with Crippen LogP contribution in [0.5, 0.6) is 0 Å². The minimum atomic E-state index is -0.973. The van der Waals surface area contributed by atoms with Crippen LogP contribution in [0.15, 0.2) is 65.7 Å². The van der Waals surface area contributed by atoms with Crippen molar-refractivity contribution in [3.63, 3.8) is 0 Å². The van der Waals surface area contributed by atoms with E-state index in [2.05, 4.69) is 10.6 Å². The number of hydrogen-bond acceptors (Lipinski definition) is 4. The quantitative estimate of drug-likeness (QED) is 0.440. The lowest BCUT2D eigenvalue weighted by Gasteiger charge is -2.22. The molecule has 0 fully saturated rings. The van der Waals surface area contributed by atoms with Crippen LogP contribution >= 0.6 is 35.4 Å². The average Bonchev–Trinajstić information content (AvgIpc) is 2.89. The number of rotatable bonds is 4. The van der Waals surface area contributed by atoms with Crippen molar-refractivity contribution in [1.82, 2.24) is 5.32 Å². The molecule has 1 unspecified atom stereocenters. The van der Waals surface area contributed by atoms with E-state index in [0.717, 1.165) is 16.9 Å². The molecular formula is C26H25Cl2N5OS. The zero-order valence-corrected chi connectivity index (χ0v) is 22.1. The first-order valence-corrected chi connectivity index (χ1v) is 12.1. The molecule has 0 radical (unpaired) electrons. The zero-order chi connectivity index (χ0) is 25.3. The second-order valence-corrected chi connectivity index (χ2v) is 9.66. The summed E-state index contributed by atoms with van der Waals surface area (Å²) >= 11 is 18.4. The normalized spacial score (nSPS) is 15.1. The SMILES string of the molecule is Cc1cc(NC(=S)NC2N=C(c3ccccc3Cl)c3cc(Cl)ccc3N(C)C2=O)ccc1N(C)C. The highest BCUT2D eigenvalue weighted by molar-refractivity contribution is 7.80. The van der Waals surface area contributed by atoms with Crippen molar-refractivity contribution in [3.05, 3.63) is 87.4 Å².